The van der Waals surface area contributed by atoms with E-state index in [1.54, 1.807) is 18.2 Å². The van der Waals surface area contributed by atoms with Crippen LogP contribution < -0.4 is 5.73 Å². The molecule has 1 aromatic carbocycles. The number of benzene rings is 1. The predicted octanol–water partition coefficient (Wildman–Crippen LogP) is 0.974. The van der Waals surface area contributed by atoms with Gasteiger partial charge in [-0.05, 0) is 30.2 Å². The van der Waals surface area contributed by atoms with Gasteiger partial charge >= 0.3 is 0 Å². The van der Waals surface area contributed by atoms with Crippen molar-refractivity contribution in [1.29, 1.82) is 0 Å². The maximum atomic E-state index is 10.9. The Labute approximate surface area is 81.1 Å². The van der Waals surface area contributed by atoms with E-state index >= 15 is 0 Å². The predicted molar refractivity (Wildman–Crippen MR) is 50.8 cm³/mol. The molecule has 0 saturated carbocycles. The highest BCUT2D eigenvalue weighted by Crippen LogP contribution is 2.16. The van der Waals surface area contributed by atoms with Crippen molar-refractivity contribution >= 4 is 17.5 Å². The first kappa shape index (κ1) is 10.0. The van der Waals surface area contributed by atoms with Gasteiger partial charge in [-0.2, -0.15) is 0 Å². The van der Waals surface area contributed by atoms with E-state index in [1.807, 2.05) is 0 Å². The number of carbonyl (C=O) groups excluding carboxylic acids is 1. The summed E-state index contributed by atoms with van der Waals surface area (Å²) in [6, 6.07) is 4.80. The molecule has 0 spiro atoms. The lowest BCUT2D eigenvalue weighted by atomic mass is 10.0. The van der Waals surface area contributed by atoms with Gasteiger partial charge < -0.3 is 10.8 Å². The van der Waals surface area contributed by atoms with Gasteiger partial charge in [-0.3, -0.25) is 4.79 Å². The Bertz CT molecular complexity index is 325. The van der Waals surface area contributed by atoms with Gasteiger partial charge in [-0.25, -0.2) is 0 Å². The SMILES string of the molecule is NC(=O)c1ccc(Cl)cc1CCO. The van der Waals surface area contributed by atoms with Gasteiger partial charge in [0.1, 0.15) is 0 Å². The third-order valence-electron chi connectivity index (χ3n) is 1.71. The first-order valence-electron chi connectivity index (χ1n) is 3.84. The van der Waals surface area contributed by atoms with Gasteiger partial charge in [0.15, 0.2) is 0 Å². The van der Waals surface area contributed by atoms with E-state index in [9.17, 15) is 4.79 Å². The lowest BCUT2D eigenvalue weighted by Gasteiger charge is -2.04. The van der Waals surface area contributed by atoms with Crippen LogP contribution in [0.1, 0.15) is 15.9 Å². The molecule has 0 aliphatic rings. The van der Waals surface area contributed by atoms with Gasteiger partial charge in [-0.15, -0.1) is 0 Å². The second-order valence-electron chi connectivity index (χ2n) is 2.64. The summed E-state index contributed by atoms with van der Waals surface area (Å²) in [5.41, 5.74) is 6.23. The average Bonchev–Trinajstić information content (AvgIpc) is 2.04. The molecule has 0 aliphatic heterocycles. The maximum Gasteiger partial charge on any atom is 0.248 e. The third kappa shape index (κ3) is 2.44. The minimum Gasteiger partial charge on any atom is -0.396 e. The molecular formula is C9H10ClNO2. The molecule has 1 amide bonds. The van der Waals surface area contributed by atoms with Crippen LogP contribution in [0.4, 0.5) is 0 Å². The van der Waals surface area contributed by atoms with Crippen LogP contribution >= 0.6 is 11.6 Å². The molecule has 1 aromatic rings. The number of nitrogens with two attached hydrogens (primary N) is 1. The summed E-state index contributed by atoms with van der Waals surface area (Å²) in [5, 5.41) is 9.26. The molecule has 0 radical (unpaired) electrons. The highest BCUT2D eigenvalue weighted by Gasteiger charge is 2.07. The van der Waals surface area contributed by atoms with E-state index in [0.29, 0.717) is 22.6 Å². The Morgan fingerprint density at radius 2 is 2.23 bits per heavy atom. The Hall–Kier alpha value is -1.06. The van der Waals surface area contributed by atoms with Crippen molar-refractivity contribution in [2.45, 2.75) is 6.42 Å². The summed E-state index contributed by atoms with van der Waals surface area (Å²) >= 11 is 5.72. The second kappa shape index (κ2) is 4.25. The molecule has 0 atom stereocenters. The molecule has 0 unspecified atom stereocenters. The van der Waals surface area contributed by atoms with Crippen molar-refractivity contribution in [3.63, 3.8) is 0 Å². The number of hydrogen-bond acceptors (Lipinski definition) is 2. The fraction of sp³-hybridized carbons (Fsp3) is 0.222. The fourth-order valence-corrected chi connectivity index (χ4v) is 1.32. The summed E-state index contributed by atoms with van der Waals surface area (Å²) in [7, 11) is 0. The van der Waals surface area contributed by atoms with E-state index in [-0.39, 0.29) is 6.61 Å². The average molecular weight is 200 g/mol. The van der Waals surface area contributed by atoms with Gasteiger partial charge in [0.05, 0.1) is 0 Å². The Balaban J connectivity index is 3.10. The van der Waals surface area contributed by atoms with Gasteiger partial charge in [0, 0.05) is 17.2 Å². The minimum atomic E-state index is -0.500. The van der Waals surface area contributed by atoms with E-state index in [0.717, 1.165) is 0 Å². The number of amides is 1. The molecule has 13 heavy (non-hydrogen) atoms. The zero-order valence-electron chi connectivity index (χ0n) is 6.96. The molecule has 3 nitrogen and oxygen atoms in total. The van der Waals surface area contributed by atoms with Crippen molar-refractivity contribution in [2.24, 2.45) is 5.73 Å². The normalized spacial score (nSPS) is 10.0. The molecule has 4 heteroatoms. The number of carbonyl (C=O) groups is 1. The van der Waals surface area contributed by atoms with Crippen LogP contribution in [-0.2, 0) is 6.42 Å². The third-order valence-corrected chi connectivity index (χ3v) is 1.95. The topological polar surface area (TPSA) is 63.3 Å². The molecule has 3 N–H and O–H groups in total. The monoisotopic (exact) mass is 199 g/mol. The summed E-state index contributed by atoms with van der Waals surface area (Å²) in [4.78, 5) is 10.9. The molecular weight excluding hydrogens is 190 g/mol. The number of aliphatic hydroxyl groups excluding tert-OH is 1. The molecule has 0 saturated heterocycles. The Morgan fingerprint density at radius 3 is 2.77 bits per heavy atom. The van der Waals surface area contributed by atoms with Crippen molar-refractivity contribution in [3.05, 3.63) is 34.3 Å². The van der Waals surface area contributed by atoms with Gasteiger partial charge in [0.25, 0.3) is 0 Å². The maximum absolute atomic E-state index is 10.9. The quantitative estimate of drug-likeness (QED) is 0.762. The molecule has 0 heterocycles. The standard InChI is InChI=1S/C9H10ClNO2/c10-7-1-2-8(9(11)13)6(5-7)3-4-12/h1-2,5,12H,3-4H2,(H2,11,13). The summed E-state index contributed by atoms with van der Waals surface area (Å²) < 4.78 is 0. The van der Waals surface area contributed by atoms with E-state index < -0.39 is 5.91 Å². The van der Waals surface area contributed by atoms with Crippen LogP contribution in [-0.4, -0.2) is 17.6 Å². The Morgan fingerprint density at radius 1 is 1.54 bits per heavy atom. The van der Waals surface area contributed by atoms with Crippen LogP contribution in [0.3, 0.4) is 0 Å². The number of halogens is 1. The lowest BCUT2D eigenvalue weighted by Crippen LogP contribution is -2.14. The molecule has 70 valence electrons. The highest BCUT2D eigenvalue weighted by molar-refractivity contribution is 6.30. The van der Waals surface area contributed by atoms with E-state index in [1.165, 1.54) is 0 Å². The Kier molecular flexibility index (Phi) is 3.28. The highest BCUT2D eigenvalue weighted by atomic mass is 35.5. The summed E-state index contributed by atoms with van der Waals surface area (Å²) in [6.45, 7) is -0.0272. The van der Waals surface area contributed by atoms with Crippen LogP contribution in [0.15, 0.2) is 18.2 Å². The lowest BCUT2D eigenvalue weighted by molar-refractivity contribution is 0.0999. The minimum absolute atomic E-state index is 0.0272. The van der Waals surface area contributed by atoms with E-state index in [4.69, 9.17) is 22.4 Å². The van der Waals surface area contributed by atoms with Crippen molar-refractivity contribution < 1.29 is 9.90 Å². The number of aliphatic hydroxyl groups is 1. The second-order valence-corrected chi connectivity index (χ2v) is 3.08. The van der Waals surface area contributed by atoms with Crippen LogP contribution in [0, 0.1) is 0 Å². The van der Waals surface area contributed by atoms with Crippen LogP contribution in [0.5, 0.6) is 0 Å². The fourth-order valence-electron chi connectivity index (χ4n) is 1.13. The molecule has 1 rings (SSSR count). The zero-order valence-corrected chi connectivity index (χ0v) is 7.71. The number of hydrogen-bond donors (Lipinski definition) is 2. The summed E-state index contributed by atoms with van der Waals surface area (Å²) in [6.07, 6.45) is 0.388. The van der Waals surface area contributed by atoms with Crippen LogP contribution in [0.25, 0.3) is 0 Å². The zero-order chi connectivity index (χ0) is 9.84. The van der Waals surface area contributed by atoms with E-state index in [2.05, 4.69) is 0 Å². The summed E-state index contributed by atoms with van der Waals surface area (Å²) in [5.74, 6) is -0.500. The largest absolute Gasteiger partial charge is 0.396 e. The van der Waals surface area contributed by atoms with Crippen molar-refractivity contribution in [3.8, 4) is 0 Å². The first-order valence-corrected chi connectivity index (χ1v) is 4.22. The molecule has 0 fully saturated rings. The van der Waals surface area contributed by atoms with Crippen LogP contribution in [0.2, 0.25) is 5.02 Å². The van der Waals surface area contributed by atoms with Gasteiger partial charge in [-0.1, -0.05) is 11.6 Å². The van der Waals surface area contributed by atoms with Crippen molar-refractivity contribution in [1.82, 2.24) is 0 Å². The van der Waals surface area contributed by atoms with Gasteiger partial charge in [0.2, 0.25) is 5.91 Å². The smallest absolute Gasteiger partial charge is 0.248 e. The number of rotatable bonds is 3. The number of primary amides is 1. The molecule has 0 aliphatic carbocycles. The molecule has 0 aromatic heterocycles. The molecule has 0 bridgehead atoms. The van der Waals surface area contributed by atoms with Crippen molar-refractivity contribution in [2.75, 3.05) is 6.61 Å². The first-order chi connectivity index (χ1) is 6.15.